The third kappa shape index (κ3) is 4.90. The molecule has 4 rings (SSSR count). The van der Waals surface area contributed by atoms with Crippen molar-refractivity contribution in [2.75, 3.05) is 13.1 Å². The van der Waals surface area contributed by atoms with Crippen LogP contribution in [0.1, 0.15) is 66.8 Å². The van der Waals surface area contributed by atoms with Crippen LogP contribution in [0.25, 0.3) is 0 Å². The second kappa shape index (κ2) is 9.35. The van der Waals surface area contributed by atoms with Gasteiger partial charge in [0.15, 0.2) is 5.43 Å². The summed E-state index contributed by atoms with van der Waals surface area (Å²) in [6.07, 6.45) is 9.09. The number of carbonyl (C=O) groups is 1. The quantitative estimate of drug-likeness (QED) is 0.737. The summed E-state index contributed by atoms with van der Waals surface area (Å²) in [5.41, 5.74) is 3.03. The minimum Gasteiger partial charge on any atom is -0.372 e. The highest BCUT2D eigenvalue weighted by Crippen LogP contribution is 2.30. The van der Waals surface area contributed by atoms with Gasteiger partial charge < -0.3 is 14.2 Å². The summed E-state index contributed by atoms with van der Waals surface area (Å²) in [6.45, 7) is 7.56. The summed E-state index contributed by atoms with van der Waals surface area (Å²) in [7, 11) is 0. The van der Waals surface area contributed by atoms with Gasteiger partial charge in [-0.1, -0.05) is 31.7 Å². The van der Waals surface area contributed by atoms with E-state index in [1.54, 1.807) is 17.2 Å². The molecule has 1 amide bonds. The van der Waals surface area contributed by atoms with Gasteiger partial charge in [0, 0.05) is 49.5 Å². The molecule has 2 atom stereocenters. The fourth-order valence-electron chi connectivity index (χ4n) is 5.16. The SMILES string of the molecule is Cc1cc(=O)c(C(=O)N2C[C@@H](C)O[C@@H](C)C2)c(CC2CCCC2)n1Cc1cccnc1. The first-order chi connectivity index (χ1) is 14.9. The molecule has 1 aliphatic heterocycles. The lowest BCUT2D eigenvalue weighted by Gasteiger charge is -2.36. The first kappa shape index (κ1) is 21.8. The van der Waals surface area contributed by atoms with Crippen LogP contribution in [-0.2, 0) is 17.7 Å². The lowest BCUT2D eigenvalue weighted by molar-refractivity contribution is -0.0587. The van der Waals surface area contributed by atoms with Gasteiger partial charge in [0.05, 0.1) is 12.2 Å². The number of hydrogen-bond acceptors (Lipinski definition) is 4. The number of hydrogen-bond donors (Lipinski definition) is 0. The molecular weight excluding hydrogens is 390 g/mol. The van der Waals surface area contributed by atoms with Crippen molar-refractivity contribution in [2.45, 2.75) is 71.6 Å². The Hall–Kier alpha value is -2.47. The van der Waals surface area contributed by atoms with E-state index in [1.165, 1.54) is 12.8 Å². The van der Waals surface area contributed by atoms with Crippen LogP contribution in [0.5, 0.6) is 0 Å². The zero-order valence-electron chi connectivity index (χ0n) is 18.8. The van der Waals surface area contributed by atoms with E-state index < -0.39 is 0 Å². The molecule has 0 aromatic carbocycles. The smallest absolute Gasteiger partial charge is 0.259 e. The molecule has 0 spiro atoms. The van der Waals surface area contributed by atoms with Crippen LogP contribution >= 0.6 is 0 Å². The fourth-order valence-corrected chi connectivity index (χ4v) is 5.16. The van der Waals surface area contributed by atoms with E-state index in [1.807, 2.05) is 39.1 Å². The Labute approximate surface area is 184 Å². The highest BCUT2D eigenvalue weighted by Gasteiger charge is 2.31. The van der Waals surface area contributed by atoms with Crippen molar-refractivity contribution in [2.24, 2.45) is 5.92 Å². The van der Waals surface area contributed by atoms with E-state index in [2.05, 4.69) is 9.55 Å². The third-order valence-electron chi connectivity index (χ3n) is 6.57. The van der Waals surface area contributed by atoms with Crippen LogP contribution in [0.15, 0.2) is 35.4 Å². The number of nitrogens with zero attached hydrogens (tertiary/aromatic N) is 3. The second-order valence-corrected chi connectivity index (χ2v) is 9.24. The first-order valence-electron chi connectivity index (χ1n) is 11.5. The van der Waals surface area contributed by atoms with Gasteiger partial charge in [0.25, 0.3) is 5.91 Å². The lowest BCUT2D eigenvalue weighted by atomic mass is 9.96. The molecule has 3 heterocycles. The maximum Gasteiger partial charge on any atom is 0.259 e. The molecule has 0 radical (unpaired) electrons. The van der Waals surface area contributed by atoms with Gasteiger partial charge in [-0.3, -0.25) is 14.6 Å². The number of aromatic nitrogens is 2. The number of carbonyl (C=O) groups excluding carboxylic acids is 1. The predicted octanol–water partition coefficient (Wildman–Crippen LogP) is 3.58. The predicted molar refractivity (Wildman–Crippen MR) is 120 cm³/mol. The molecule has 1 saturated heterocycles. The normalized spacial score (nSPS) is 22.1. The number of pyridine rings is 2. The van der Waals surface area contributed by atoms with E-state index in [0.29, 0.717) is 31.1 Å². The van der Waals surface area contributed by atoms with Crippen molar-refractivity contribution < 1.29 is 9.53 Å². The fraction of sp³-hybridized carbons (Fsp3) is 0.560. The van der Waals surface area contributed by atoms with E-state index in [4.69, 9.17) is 4.74 Å². The Morgan fingerprint density at radius 2 is 1.90 bits per heavy atom. The molecule has 0 bridgehead atoms. The van der Waals surface area contributed by atoms with Crippen LogP contribution < -0.4 is 5.43 Å². The number of aryl methyl sites for hydroxylation is 1. The second-order valence-electron chi connectivity index (χ2n) is 9.24. The van der Waals surface area contributed by atoms with Gasteiger partial charge in [-0.25, -0.2) is 0 Å². The Balaban J connectivity index is 1.77. The van der Waals surface area contributed by atoms with Gasteiger partial charge in [0.1, 0.15) is 5.56 Å². The topological polar surface area (TPSA) is 64.4 Å². The summed E-state index contributed by atoms with van der Waals surface area (Å²) in [5, 5.41) is 0. The van der Waals surface area contributed by atoms with Gasteiger partial charge in [0.2, 0.25) is 0 Å². The molecule has 1 aliphatic carbocycles. The van der Waals surface area contributed by atoms with E-state index in [9.17, 15) is 9.59 Å². The zero-order valence-corrected chi connectivity index (χ0v) is 18.8. The summed E-state index contributed by atoms with van der Waals surface area (Å²) < 4.78 is 7.97. The zero-order chi connectivity index (χ0) is 22.0. The minimum absolute atomic E-state index is 0.0333. The van der Waals surface area contributed by atoms with Crippen LogP contribution in [0.3, 0.4) is 0 Å². The molecule has 31 heavy (non-hydrogen) atoms. The maximum atomic E-state index is 13.7. The van der Waals surface area contributed by atoms with Crippen LogP contribution in [-0.4, -0.2) is 45.7 Å². The standard InChI is InChI=1S/C25H33N3O3/c1-17-11-23(29)24(25(30)27-14-18(2)31-19(3)15-27)22(12-20-7-4-5-8-20)28(17)16-21-9-6-10-26-13-21/h6,9-11,13,18-20H,4-5,7-8,12,14-16H2,1-3H3/t18-,19+. The van der Waals surface area contributed by atoms with Crippen molar-refractivity contribution in [3.8, 4) is 0 Å². The average molecular weight is 424 g/mol. The number of amides is 1. The summed E-state index contributed by atoms with van der Waals surface area (Å²) in [5.74, 6) is 0.371. The van der Waals surface area contributed by atoms with Crippen molar-refractivity contribution in [3.05, 3.63) is 63.3 Å². The van der Waals surface area contributed by atoms with Crippen molar-refractivity contribution >= 4 is 5.91 Å². The Morgan fingerprint density at radius 1 is 1.19 bits per heavy atom. The molecule has 166 valence electrons. The van der Waals surface area contributed by atoms with E-state index >= 15 is 0 Å². The van der Waals surface area contributed by atoms with Crippen LogP contribution in [0.4, 0.5) is 0 Å². The summed E-state index contributed by atoms with van der Waals surface area (Å²) in [4.78, 5) is 32.9. The number of ether oxygens (including phenoxy) is 1. The average Bonchev–Trinajstić information content (AvgIpc) is 3.24. The van der Waals surface area contributed by atoms with Crippen molar-refractivity contribution in [1.29, 1.82) is 0 Å². The van der Waals surface area contributed by atoms with Gasteiger partial charge in [-0.15, -0.1) is 0 Å². The molecule has 2 aliphatic rings. The highest BCUT2D eigenvalue weighted by molar-refractivity contribution is 5.95. The Morgan fingerprint density at radius 3 is 2.55 bits per heavy atom. The third-order valence-corrected chi connectivity index (χ3v) is 6.57. The monoisotopic (exact) mass is 423 g/mol. The molecular formula is C25H33N3O3. The van der Waals surface area contributed by atoms with Crippen molar-refractivity contribution in [3.63, 3.8) is 0 Å². The molecule has 2 aromatic heterocycles. The summed E-state index contributed by atoms with van der Waals surface area (Å²) >= 11 is 0. The molecule has 2 fully saturated rings. The largest absolute Gasteiger partial charge is 0.372 e. The molecule has 0 unspecified atom stereocenters. The van der Waals surface area contributed by atoms with Crippen molar-refractivity contribution in [1.82, 2.24) is 14.5 Å². The van der Waals surface area contributed by atoms with Gasteiger partial charge >= 0.3 is 0 Å². The highest BCUT2D eigenvalue weighted by atomic mass is 16.5. The maximum absolute atomic E-state index is 13.7. The Kier molecular flexibility index (Phi) is 6.56. The minimum atomic E-state index is -0.162. The lowest BCUT2D eigenvalue weighted by Crippen LogP contribution is -2.49. The number of rotatable bonds is 5. The van der Waals surface area contributed by atoms with Crippen LogP contribution in [0, 0.1) is 12.8 Å². The van der Waals surface area contributed by atoms with Gasteiger partial charge in [-0.05, 0) is 44.7 Å². The van der Waals surface area contributed by atoms with E-state index in [0.717, 1.165) is 36.2 Å². The van der Waals surface area contributed by atoms with E-state index in [-0.39, 0.29) is 23.5 Å². The Bertz CT molecular complexity index is 969. The molecule has 1 saturated carbocycles. The molecule has 0 N–H and O–H groups in total. The van der Waals surface area contributed by atoms with Gasteiger partial charge in [-0.2, -0.15) is 0 Å². The van der Waals surface area contributed by atoms with Crippen LogP contribution in [0.2, 0.25) is 0 Å². The first-order valence-corrected chi connectivity index (χ1v) is 11.5. The summed E-state index contributed by atoms with van der Waals surface area (Å²) in [6, 6.07) is 5.58. The molecule has 6 heteroatoms. The molecule has 2 aromatic rings. The molecule has 6 nitrogen and oxygen atoms in total. The number of morpholine rings is 1.